The molecule has 2 heterocycles. The van der Waals surface area contributed by atoms with Crippen LogP contribution in [0.15, 0.2) is 85.2 Å². The molecule has 0 aliphatic heterocycles. The molecule has 0 bridgehead atoms. The smallest absolute Gasteiger partial charge is 0.126 e. The van der Waals surface area contributed by atoms with Gasteiger partial charge in [0.25, 0.3) is 0 Å². The lowest BCUT2D eigenvalue weighted by atomic mass is 10.2. The molecule has 5 heteroatoms. The van der Waals surface area contributed by atoms with Crippen molar-refractivity contribution in [3.05, 3.63) is 96.6 Å². The fraction of sp³-hybridized carbons (Fsp3) is 0.0476. The molecule has 4 rings (SSSR count). The van der Waals surface area contributed by atoms with E-state index in [9.17, 15) is 4.39 Å². The van der Waals surface area contributed by atoms with Crippen LogP contribution in [0.4, 0.5) is 10.2 Å². The van der Waals surface area contributed by atoms with Crippen molar-refractivity contribution in [3.8, 4) is 16.9 Å². The predicted molar refractivity (Wildman–Crippen MR) is 101 cm³/mol. The van der Waals surface area contributed by atoms with E-state index in [1.807, 2.05) is 36.4 Å². The van der Waals surface area contributed by atoms with Crippen LogP contribution in [-0.4, -0.2) is 14.8 Å². The zero-order chi connectivity index (χ0) is 17.8. The maximum Gasteiger partial charge on any atom is 0.126 e. The van der Waals surface area contributed by atoms with Crippen molar-refractivity contribution in [2.24, 2.45) is 0 Å². The Bertz CT molecular complexity index is 994. The van der Waals surface area contributed by atoms with Crippen molar-refractivity contribution < 1.29 is 4.39 Å². The van der Waals surface area contributed by atoms with Crippen LogP contribution in [0.25, 0.3) is 16.9 Å². The minimum Gasteiger partial charge on any atom is -0.366 e. The summed E-state index contributed by atoms with van der Waals surface area (Å²) in [4.78, 5) is 4.39. The summed E-state index contributed by atoms with van der Waals surface area (Å²) in [6.45, 7) is 0.703. The van der Waals surface area contributed by atoms with E-state index in [0.29, 0.717) is 6.54 Å². The number of aromatic nitrogens is 3. The van der Waals surface area contributed by atoms with Gasteiger partial charge in [-0.2, -0.15) is 5.10 Å². The van der Waals surface area contributed by atoms with Gasteiger partial charge in [0.15, 0.2) is 0 Å². The minimum atomic E-state index is -0.265. The van der Waals surface area contributed by atoms with Crippen LogP contribution in [0.5, 0.6) is 0 Å². The third-order valence-corrected chi connectivity index (χ3v) is 4.09. The summed E-state index contributed by atoms with van der Waals surface area (Å²) in [6.07, 6.45) is 3.50. The Morgan fingerprint density at radius 2 is 1.69 bits per heavy atom. The van der Waals surface area contributed by atoms with E-state index >= 15 is 0 Å². The Morgan fingerprint density at radius 3 is 2.50 bits per heavy atom. The van der Waals surface area contributed by atoms with Gasteiger partial charge in [-0.05, 0) is 48.0 Å². The Hall–Kier alpha value is -3.47. The van der Waals surface area contributed by atoms with Crippen molar-refractivity contribution in [2.45, 2.75) is 6.54 Å². The standard InChI is InChI=1S/C21H17FN4/c22-18-6-8-19(9-7-18)26-20(11-13-25-26)17-10-12-23-21(14-17)24-15-16-4-2-1-3-5-16/h1-14H,15H2,(H,23,24). The van der Waals surface area contributed by atoms with Gasteiger partial charge in [-0.15, -0.1) is 0 Å². The number of benzene rings is 2. The molecule has 0 radical (unpaired) electrons. The topological polar surface area (TPSA) is 42.7 Å². The van der Waals surface area contributed by atoms with Gasteiger partial charge < -0.3 is 5.32 Å². The molecule has 1 N–H and O–H groups in total. The number of hydrogen-bond donors (Lipinski definition) is 1. The molecule has 0 fully saturated rings. The molecule has 0 amide bonds. The molecule has 0 aliphatic rings. The molecular weight excluding hydrogens is 327 g/mol. The quantitative estimate of drug-likeness (QED) is 0.571. The number of halogens is 1. The van der Waals surface area contributed by atoms with E-state index in [4.69, 9.17) is 0 Å². The largest absolute Gasteiger partial charge is 0.366 e. The number of hydrogen-bond acceptors (Lipinski definition) is 3. The number of anilines is 1. The van der Waals surface area contributed by atoms with Gasteiger partial charge in [0, 0.05) is 18.3 Å². The summed E-state index contributed by atoms with van der Waals surface area (Å²) in [5.74, 6) is 0.525. The van der Waals surface area contributed by atoms with Gasteiger partial charge in [0.2, 0.25) is 0 Å². The third-order valence-electron chi connectivity index (χ3n) is 4.09. The molecule has 0 saturated carbocycles. The first kappa shape index (κ1) is 16.0. The first-order valence-corrected chi connectivity index (χ1v) is 8.34. The average molecular weight is 344 g/mol. The first-order chi connectivity index (χ1) is 12.8. The summed E-state index contributed by atoms with van der Waals surface area (Å²) < 4.78 is 15.0. The number of pyridine rings is 1. The lowest BCUT2D eigenvalue weighted by Crippen LogP contribution is -2.02. The Morgan fingerprint density at radius 1 is 0.885 bits per heavy atom. The molecule has 4 nitrogen and oxygen atoms in total. The van der Waals surface area contributed by atoms with Crippen molar-refractivity contribution in [2.75, 3.05) is 5.32 Å². The van der Waals surface area contributed by atoms with E-state index in [1.54, 1.807) is 29.2 Å². The Kier molecular flexibility index (Phi) is 4.43. The molecule has 2 aromatic carbocycles. The fourth-order valence-corrected chi connectivity index (χ4v) is 2.78. The van der Waals surface area contributed by atoms with Crippen LogP contribution in [0, 0.1) is 5.82 Å². The van der Waals surface area contributed by atoms with Gasteiger partial charge in [-0.25, -0.2) is 14.1 Å². The van der Waals surface area contributed by atoms with E-state index in [0.717, 1.165) is 22.8 Å². The first-order valence-electron chi connectivity index (χ1n) is 8.34. The van der Waals surface area contributed by atoms with Crippen LogP contribution in [0.3, 0.4) is 0 Å². The third kappa shape index (κ3) is 3.47. The van der Waals surface area contributed by atoms with Gasteiger partial charge in [-0.1, -0.05) is 30.3 Å². The minimum absolute atomic E-state index is 0.265. The number of nitrogens with one attached hydrogen (secondary N) is 1. The van der Waals surface area contributed by atoms with Gasteiger partial charge in [0.1, 0.15) is 11.6 Å². The maximum atomic E-state index is 13.2. The van der Waals surface area contributed by atoms with Crippen molar-refractivity contribution in [1.29, 1.82) is 0 Å². The average Bonchev–Trinajstić information content (AvgIpc) is 3.18. The summed E-state index contributed by atoms with van der Waals surface area (Å²) >= 11 is 0. The van der Waals surface area contributed by atoms with Crippen LogP contribution in [0.1, 0.15) is 5.56 Å². The maximum absolute atomic E-state index is 13.2. The molecule has 26 heavy (non-hydrogen) atoms. The molecule has 0 aliphatic carbocycles. The highest BCUT2D eigenvalue weighted by atomic mass is 19.1. The summed E-state index contributed by atoms with van der Waals surface area (Å²) in [7, 11) is 0. The Labute approximate surface area is 151 Å². The molecular formula is C21H17FN4. The fourth-order valence-electron chi connectivity index (χ4n) is 2.78. The van der Waals surface area contributed by atoms with Crippen LogP contribution in [-0.2, 0) is 6.54 Å². The molecule has 4 aromatic rings. The van der Waals surface area contributed by atoms with Crippen molar-refractivity contribution in [3.63, 3.8) is 0 Å². The molecule has 2 aromatic heterocycles. The summed E-state index contributed by atoms with van der Waals surface area (Å²) in [5, 5.41) is 7.71. The zero-order valence-corrected chi connectivity index (χ0v) is 14.0. The van der Waals surface area contributed by atoms with Gasteiger partial charge in [-0.3, -0.25) is 0 Å². The van der Waals surface area contributed by atoms with E-state index in [-0.39, 0.29) is 5.82 Å². The SMILES string of the molecule is Fc1ccc(-n2nccc2-c2ccnc(NCc3ccccc3)c2)cc1. The second-order valence-corrected chi connectivity index (χ2v) is 5.87. The summed E-state index contributed by atoms with van der Waals surface area (Å²) in [6, 6.07) is 22.3. The second kappa shape index (κ2) is 7.19. The predicted octanol–water partition coefficient (Wildman–Crippen LogP) is 4.69. The molecule has 128 valence electrons. The molecule has 0 atom stereocenters. The Balaban J connectivity index is 1.59. The molecule has 0 saturated heterocycles. The van der Waals surface area contributed by atoms with Crippen molar-refractivity contribution >= 4 is 5.82 Å². The normalized spacial score (nSPS) is 10.7. The molecule has 0 spiro atoms. The second-order valence-electron chi connectivity index (χ2n) is 5.87. The number of nitrogens with zero attached hydrogens (tertiary/aromatic N) is 3. The highest BCUT2D eigenvalue weighted by molar-refractivity contribution is 5.65. The highest BCUT2D eigenvalue weighted by Gasteiger charge is 2.09. The lowest BCUT2D eigenvalue weighted by molar-refractivity contribution is 0.627. The van der Waals surface area contributed by atoms with Gasteiger partial charge in [0.05, 0.1) is 17.6 Å². The lowest BCUT2D eigenvalue weighted by Gasteiger charge is -2.10. The van der Waals surface area contributed by atoms with Crippen LogP contribution < -0.4 is 5.32 Å². The van der Waals surface area contributed by atoms with Crippen molar-refractivity contribution in [1.82, 2.24) is 14.8 Å². The number of rotatable bonds is 5. The van der Waals surface area contributed by atoms with E-state index in [1.165, 1.54) is 17.7 Å². The van der Waals surface area contributed by atoms with Crippen LogP contribution in [0.2, 0.25) is 0 Å². The van der Waals surface area contributed by atoms with Crippen LogP contribution >= 0.6 is 0 Å². The zero-order valence-electron chi connectivity index (χ0n) is 14.0. The van der Waals surface area contributed by atoms with E-state index < -0.39 is 0 Å². The summed E-state index contributed by atoms with van der Waals surface area (Å²) in [5.41, 5.74) is 3.90. The van der Waals surface area contributed by atoms with E-state index in [2.05, 4.69) is 27.5 Å². The monoisotopic (exact) mass is 344 g/mol. The molecule has 0 unspecified atom stereocenters. The highest BCUT2D eigenvalue weighted by Crippen LogP contribution is 2.24. The van der Waals surface area contributed by atoms with Gasteiger partial charge >= 0.3 is 0 Å².